The summed E-state index contributed by atoms with van der Waals surface area (Å²) in [5.74, 6) is 0. The smallest absolute Gasteiger partial charge is 0.399 e. The predicted octanol–water partition coefficient (Wildman–Crippen LogP) is 16.0. The highest BCUT2D eigenvalue weighted by atomic mass is 79.9. The zero-order valence-electron chi connectivity index (χ0n) is 37.8. The number of fused-ring (bicyclic) bond motifs is 18. The molecule has 0 aromatic heterocycles. The normalized spacial score (nSPS) is 17.2. The molecular formula is C60H50BBrO2. The van der Waals surface area contributed by atoms with Crippen LogP contribution < -0.4 is 5.46 Å². The van der Waals surface area contributed by atoms with E-state index in [-0.39, 0.29) is 29.2 Å². The van der Waals surface area contributed by atoms with Gasteiger partial charge in [-0.05, 0) is 179 Å². The Morgan fingerprint density at radius 1 is 0.328 bits per heavy atom. The zero-order valence-corrected chi connectivity index (χ0v) is 39.4. The van der Waals surface area contributed by atoms with Crippen LogP contribution in [0.4, 0.5) is 0 Å². The molecule has 1 saturated heterocycles. The second-order valence-electron chi connectivity index (χ2n) is 20.4. The molecular weight excluding hydrogens is 843 g/mol. The van der Waals surface area contributed by atoms with E-state index in [4.69, 9.17) is 9.31 Å². The van der Waals surface area contributed by atoms with E-state index in [1.54, 1.807) is 0 Å². The Hall–Kier alpha value is -5.78. The average molecular weight is 894 g/mol. The Morgan fingerprint density at radius 3 is 1.03 bits per heavy atom. The lowest BCUT2D eigenvalue weighted by molar-refractivity contribution is 0.00578. The van der Waals surface area contributed by atoms with E-state index < -0.39 is 0 Å². The molecule has 1 aliphatic heterocycles. The van der Waals surface area contributed by atoms with Crippen molar-refractivity contribution < 1.29 is 9.31 Å². The molecule has 0 atom stereocenters. The van der Waals surface area contributed by atoms with Gasteiger partial charge in [-0.3, -0.25) is 0 Å². The summed E-state index contributed by atoms with van der Waals surface area (Å²) in [6.07, 6.45) is 0. The van der Waals surface area contributed by atoms with Crippen LogP contribution in [-0.4, -0.2) is 18.3 Å². The Balaban J connectivity index is 0.000000139. The molecule has 0 amide bonds. The Labute approximate surface area is 384 Å². The summed E-state index contributed by atoms with van der Waals surface area (Å²) in [7, 11) is -0.355. The summed E-state index contributed by atoms with van der Waals surface area (Å²) in [4.78, 5) is 0. The van der Waals surface area contributed by atoms with Crippen molar-refractivity contribution in [2.45, 2.75) is 77.4 Å². The number of benzene rings is 10. The van der Waals surface area contributed by atoms with E-state index in [9.17, 15) is 0 Å². The lowest BCUT2D eigenvalue weighted by Gasteiger charge is -2.32. The van der Waals surface area contributed by atoms with Gasteiger partial charge in [0, 0.05) is 15.3 Å². The highest BCUT2D eigenvalue weighted by Gasteiger charge is 2.52. The van der Waals surface area contributed by atoms with Crippen molar-refractivity contribution in [1.29, 1.82) is 0 Å². The first-order valence-corrected chi connectivity index (χ1v) is 23.5. The molecule has 0 saturated carbocycles. The lowest BCUT2D eigenvalue weighted by Crippen LogP contribution is -2.41. The monoisotopic (exact) mass is 892 g/mol. The van der Waals surface area contributed by atoms with Gasteiger partial charge >= 0.3 is 7.12 Å². The molecule has 13 rings (SSSR count). The van der Waals surface area contributed by atoms with Gasteiger partial charge in [-0.25, -0.2) is 0 Å². The van der Waals surface area contributed by atoms with Crippen LogP contribution in [-0.2, 0) is 20.1 Å². The van der Waals surface area contributed by atoms with Gasteiger partial charge in [-0.2, -0.15) is 0 Å². The van der Waals surface area contributed by atoms with Crippen molar-refractivity contribution in [2.24, 2.45) is 0 Å². The van der Waals surface area contributed by atoms with E-state index in [1.807, 2.05) is 0 Å². The van der Waals surface area contributed by atoms with Crippen LogP contribution in [0.1, 0.15) is 77.6 Å². The standard InChI is InChI=1S/C33H31BO2.C27H19Br/c1-31(2)29-17-20(34-35-32(3,4)33(5,6)36-34)15-16-25(29)28-18-26-23-13-9-7-11-21(23)22-12-8-10-14-24(22)27(26)19-30(28)31;1-27(2)25-13-16(28)11-12-21(25)24-14-22-19-9-5-3-7-17(19)18-8-4-6-10-20(18)23(22)15-26(24)27/h7-19H,1-6H3;3-15H,1-2H3. The van der Waals surface area contributed by atoms with E-state index in [2.05, 4.69) is 229 Å². The molecule has 10 aromatic rings. The van der Waals surface area contributed by atoms with E-state index in [0.717, 1.165) is 9.94 Å². The van der Waals surface area contributed by atoms with Gasteiger partial charge < -0.3 is 9.31 Å². The van der Waals surface area contributed by atoms with Crippen LogP contribution in [0.2, 0.25) is 0 Å². The average Bonchev–Trinajstić information content (AvgIpc) is 3.76. The molecule has 0 spiro atoms. The summed E-state index contributed by atoms with van der Waals surface area (Å²) in [5, 5.41) is 16.0. The number of hydrogen-bond acceptors (Lipinski definition) is 2. The largest absolute Gasteiger partial charge is 0.494 e. The second-order valence-corrected chi connectivity index (χ2v) is 21.3. The van der Waals surface area contributed by atoms with Crippen LogP contribution in [0.25, 0.3) is 86.9 Å². The van der Waals surface area contributed by atoms with E-state index >= 15 is 0 Å². The van der Waals surface area contributed by atoms with Gasteiger partial charge in [0.2, 0.25) is 0 Å². The minimum absolute atomic E-state index is 0.00458. The first-order chi connectivity index (χ1) is 30.6. The molecule has 0 unspecified atom stereocenters. The molecule has 2 nitrogen and oxygen atoms in total. The van der Waals surface area contributed by atoms with Gasteiger partial charge in [0.1, 0.15) is 0 Å². The third-order valence-corrected chi connectivity index (χ3v) is 16.1. The molecule has 312 valence electrons. The molecule has 2 aliphatic carbocycles. The fraction of sp³-hybridized carbons (Fsp3) is 0.200. The summed E-state index contributed by atoms with van der Waals surface area (Å²) in [5.41, 5.74) is 11.2. The van der Waals surface area contributed by atoms with Gasteiger partial charge in [-0.15, -0.1) is 0 Å². The molecule has 3 aliphatic rings. The second kappa shape index (κ2) is 13.6. The van der Waals surface area contributed by atoms with Gasteiger partial charge in [0.05, 0.1) is 11.2 Å². The number of hydrogen-bond donors (Lipinski definition) is 0. The minimum atomic E-state index is -0.355. The van der Waals surface area contributed by atoms with Crippen molar-refractivity contribution in [3.8, 4) is 22.3 Å². The highest BCUT2D eigenvalue weighted by molar-refractivity contribution is 9.10. The fourth-order valence-corrected chi connectivity index (χ4v) is 11.7. The Morgan fingerprint density at radius 2 is 0.641 bits per heavy atom. The molecule has 1 fully saturated rings. The third kappa shape index (κ3) is 5.58. The Kier molecular flexibility index (Phi) is 8.47. The summed E-state index contributed by atoms with van der Waals surface area (Å²) in [6.45, 7) is 17.8. The highest BCUT2D eigenvalue weighted by Crippen LogP contribution is 2.53. The fourth-order valence-electron chi connectivity index (χ4n) is 11.4. The third-order valence-electron chi connectivity index (χ3n) is 15.6. The maximum atomic E-state index is 6.39. The molecule has 4 heteroatoms. The molecule has 0 bridgehead atoms. The topological polar surface area (TPSA) is 18.5 Å². The molecule has 0 N–H and O–H groups in total. The van der Waals surface area contributed by atoms with Crippen LogP contribution in [0.3, 0.4) is 0 Å². The van der Waals surface area contributed by atoms with Crippen LogP contribution in [0, 0.1) is 0 Å². The van der Waals surface area contributed by atoms with Crippen LogP contribution >= 0.6 is 15.9 Å². The first-order valence-electron chi connectivity index (χ1n) is 22.7. The van der Waals surface area contributed by atoms with Crippen LogP contribution in [0.15, 0.2) is 162 Å². The quantitative estimate of drug-likeness (QED) is 0.121. The maximum Gasteiger partial charge on any atom is 0.494 e. The van der Waals surface area contributed by atoms with Gasteiger partial charge in [0.25, 0.3) is 0 Å². The molecule has 1 heterocycles. The lowest BCUT2D eigenvalue weighted by atomic mass is 9.74. The summed E-state index contributed by atoms with van der Waals surface area (Å²) < 4.78 is 13.9. The SMILES string of the molecule is CC1(C)c2cc(B3OC(C)(C)C(C)(C)O3)ccc2-c2cc3c4ccccc4c4ccccc4c3cc21.CC1(C)c2cc(Br)ccc2-c2cc3c4ccccc4c4ccccc4c3cc21. The molecule has 10 aromatic carbocycles. The van der Waals surface area contributed by atoms with Crippen molar-refractivity contribution in [3.05, 3.63) is 184 Å². The van der Waals surface area contributed by atoms with Crippen molar-refractivity contribution in [2.75, 3.05) is 0 Å². The van der Waals surface area contributed by atoms with Gasteiger partial charge in [0.15, 0.2) is 0 Å². The Bertz CT molecular complexity index is 3640. The van der Waals surface area contributed by atoms with E-state index in [0.29, 0.717) is 0 Å². The van der Waals surface area contributed by atoms with E-state index in [1.165, 1.54) is 109 Å². The maximum absolute atomic E-state index is 6.39. The predicted molar refractivity (Wildman–Crippen MR) is 276 cm³/mol. The zero-order chi connectivity index (χ0) is 44.1. The first kappa shape index (κ1) is 39.8. The van der Waals surface area contributed by atoms with Gasteiger partial charge in [-0.1, -0.05) is 165 Å². The van der Waals surface area contributed by atoms with Crippen molar-refractivity contribution in [1.82, 2.24) is 0 Å². The minimum Gasteiger partial charge on any atom is -0.399 e. The van der Waals surface area contributed by atoms with Crippen molar-refractivity contribution >= 4 is 93.1 Å². The van der Waals surface area contributed by atoms with Crippen LogP contribution in [0.5, 0.6) is 0 Å². The molecule has 64 heavy (non-hydrogen) atoms. The molecule has 0 radical (unpaired) electrons. The summed E-state index contributed by atoms with van der Waals surface area (Å²) in [6, 6.07) is 58.5. The summed E-state index contributed by atoms with van der Waals surface area (Å²) >= 11 is 3.67. The number of rotatable bonds is 1. The number of halogens is 1. The van der Waals surface area contributed by atoms with Crippen molar-refractivity contribution in [3.63, 3.8) is 0 Å².